The first-order valence-electron chi connectivity index (χ1n) is 10.7. The first-order valence-corrected chi connectivity index (χ1v) is 11.1. The lowest BCUT2D eigenvalue weighted by atomic mass is 9.97. The molecule has 2 aromatic carbocycles. The van der Waals surface area contributed by atoms with E-state index in [1.807, 2.05) is 36.1 Å². The van der Waals surface area contributed by atoms with Gasteiger partial charge in [-0.3, -0.25) is 4.79 Å². The molecule has 2 aromatic heterocycles. The van der Waals surface area contributed by atoms with Crippen molar-refractivity contribution in [1.29, 1.82) is 0 Å². The Morgan fingerprint density at radius 3 is 3.03 bits per heavy atom. The summed E-state index contributed by atoms with van der Waals surface area (Å²) in [6, 6.07) is 12.2. The third kappa shape index (κ3) is 4.02. The van der Waals surface area contributed by atoms with E-state index >= 15 is 0 Å². The summed E-state index contributed by atoms with van der Waals surface area (Å²) in [6.45, 7) is 3.07. The zero-order valence-electron chi connectivity index (χ0n) is 17.7. The summed E-state index contributed by atoms with van der Waals surface area (Å²) in [7, 11) is 0. The minimum absolute atomic E-state index is 0.0444. The van der Waals surface area contributed by atoms with E-state index in [-0.39, 0.29) is 17.6 Å². The van der Waals surface area contributed by atoms with Crippen LogP contribution in [0.1, 0.15) is 52.0 Å². The lowest BCUT2D eigenvalue weighted by Gasteiger charge is -2.31. The lowest BCUT2D eigenvalue weighted by molar-refractivity contribution is 0.0692. The number of carbonyl (C=O) groups excluding carboxylic acids is 1. The summed E-state index contributed by atoms with van der Waals surface area (Å²) in [5, 5.41) is 1.43. The van der Waals surface area contributed by atoms with Crippen LogP contribution < -0.4 is 0 Å². The fourth-order valence-corrected chi connectivity index (χ4v) is 4.69. The number of likely N-dealkylation sites (tertiary alicyclic amines) is 1. The number of amides is 1. The van der Waals surface area contributed by atoms with Crippen LogP contribution in [0.5, 0.6) is 0 Å². The molecule has 1 atom stereocenters. The monoisotopic (exact) mass is 451 g/mol. The highest BCUT2D eigenvalue weighted by molar-refractivity contribution is 6.30. The number of fused-ring (bicyclic) bond motifs is 1. The predicted molar refractivity (Wildman–Crippen MR) is 122 cm³/mol. The Morgan fingerprint density at radius 1 is 1.31 bits per heavy atom. The largest absolute Gasteiger partial charge is 0.445 e. The molecule has 1 amide bonds. The van der Waals surface area contributed by atoms with Crippen molar-refractivity contribution in [2.75, 3.05) is 13.1 Å². The first-order chi connectivity index (χ1) is 15.5. The molecule has 1 saturated heterocycles. The molecule has 1 N–H and O–H groups in total. The van der Waals surface area contributed by atoms with Gasteiger partial charge in [-0.2, -0.15) is 0 Å². The Morgan fingerprint density at radius 2 is 2.19 bits per heavy atom. The average Bonchev–Trinajstić information content (AvgIpc) is 3.38. The predicted octanol–water partition coefficient (Wildman–Crippen LogP) is 5.87. The number of aromatic amines is 1. The molecule has 1 aliphatic heterocycles. The van der Waals surface area contributed by atoms with Crippen LogP contribution in [0.2, 0.25) is 5.02 Å². The summed E-state index contributed by atoms with van der Waals surface area (Å²) < 4.78 is 19.7. The molecule has 164 valence electrons. The van der Waals surface area contributed by atoms with Gasteiger partial charge in [-0.1, -0.05) is 23.7 Å². The Bertz CT molecular complexity index is 1300. The van der Waals surface area contributed by atoms with Crippen molar-refractivity contribution in [2.45, 2.75) is 32.1 Å². The second kappa shape index (κ2) is 8.43. The van der Waals surface area contributed by atoms with E-state index in [9.17, 15) is 9.18 Å². The quantitative estimate of drug-likeness (QED) is 0.422. The molecule has 0 aliphatic carbocycles. The van der Waals surface area contributed by atoms with Gasteiger partial charge in [0.05, 0.1) is 12.1 Å². The molecule has 0 spiro atoms. The zero-order chi connectivity index (χ0) is 22.2. The molecule has 4 aromatic rings. The molecule has 5 nitrogen and oxygen atoms in total. The van der Waals surface area contributed by atoms with E-state index in [1.54, 1.807) is 12.3 Å². The molecule has 7 heteroatoms. The third-order valence-electron chi connectivity index (χ3n) is 6.13. The van der Waals surface area contributed by atoms with E-state index in [4.69, 9.17) is 16.0 Å². The Balaban J connectivity index is 1.32. The second-order valence-corrected chi connectivity index (χ2v) is 8.81. The number of H-pyrrole nitrogens is 1. The van der Waals surface area contributed by atoms with Crippen molar-refractivity contribution in [1.82, 2.24) is 14.9 Å². The van der Waals surface area contributed by atoms with Gasteiger partial charge in [0.25, 0.3) is 5.91 Å². The van der Waals surface area contributed by atoms with Gasteiger partial charge in [0, 0.05) is 35.4 Å². The molecular weight excluding hydrogens is 429 g/mol. The maximum Gasteiger partial charge on any atom is 0.270 e. The number of hydrogen-bond acceptors (Lipinski definition) is 3. The SMILES string of the molecule is Cc1c(C(=O)N2CCCC(c3ncc(Cc4cccc(Cl)c4)o3)C2)[nH]c2ccc(F)cc12. The van der Waals surface area contributed by atoms with E-state index < -0.39 is 0 Å². The number of benzene rings is 2. The number of hydrogen-bond donors (Lipinski definition) is 1. The smallest absolute Gasteiger partial charge is 0.270 e. The van der Waals surface area contributed by atoms with Crippen LogP contribution in [-0.4, -0.2) is 33.9 Å². The molecule has 1 unspecified atom stereocenters. The Labute approximate surface area is 190 Å². The van der Waals surface area contributed by atoms with Gasteiger partial charge in [-0.25, -0.2) is 9.37 Å². The minimum atomic E-state index is -0.311. The maximum absolute atomic E-state index is 13.6. The number of halogens is 2. The number of carbonyl (C=O) groups is 1. The van der Waals surface area contributed by atoms with Crippen LogP contribution in [0.25, 0.3) is 10.9 Å². The summed E-state index contributed by atoms with van der Waals surface area (Å²) in [5.41, 5.74) is 3.11. The topological polar surface area (TPSA) is 62.1 Å². The van der Waals surface area contributed by atoms with Crippen molar-refractivity contribution in [3.8, 4) is 0 Å². The van der Waals surface area contributed by atoms with Gasteiger partial charge in [-0.15, -0.1) is 0 Å². The highest BCUT2D eigenvalue weighted by atomic mass is 35.5. The molecule has 0 saturated carbocycles. The van der Waals surface area contributed by atoms with E-state index in [0.29, 0.717) is 36.1 Å². The number of oxazole rings is 1. The van der Waals surface area contributed by atoms with Gasteiger partial charge < -0.3 is 14.3 Å². The number of aryl methyl sites for hydroxylation is 1. The lowest BCUT2D eigenvalue weighted by Crippen LogP contribution is -2.39. The molecular formula is C25H23ClFN3O2. The Kier molecular flexibility index (Phi) is 5.47. The highest BCUT2D eigenvalue weighted by Crippen LogP contribution is 2.30. The second-order valence-electron chi connectivity index (χ2n) is 8.38. The minimum Gasteiger partial charge on any atom is -0.445 e. The molecule has 0 radical (unpaired) electrons. The first kappa shape index (κ1) is 20.8. The van der Waals surface area contributed by atoms with Crippen molar-refractivity contribution >= 4 is 28.4 Å². The standard InChI is InChI=1S/C25H23ClFN3O2/c1-15-21-12-19(27)7-8-22(21)29-23(15)25(31)30-9-3-5-17(14-30)24-28-13-20(32-24)11-16-4-2-6-18(26)10-16/h2,4,6-8,10,12-13,17,29H,3,5,9,11,14H2,1H3. The number of rotatable bonds is 4. The van der Waals surface area contributed by atoms with Crippen LogP contribution in [-0.2, 0) is 6.42 Å². The summed E-state index contributed by atoms with van der Waals surface area (Å²) in [4.78, 5) is 22.8. The van der Waals surface area contributed by atoms with Crippen LogP contribution in [0.3, 0.4) is 0 Å². The van der Waals surface area contributed by atoms with E-state index in [0.717, 1.165) is 40.6 Å². The summed E-state index contributed by atoms with van der Waals surface area (Å²) in [6.07, 6.45) is 4.16. The van der Waals surface area contributed by atoms with Crippen molar-refractivity contribution < 1.29 is 13.6 Å². The van der Waals surface area contributed by atoms with Gasteiger partial charge in [0.2, 0.25) is 0 Å². The van der Waals surface area contributed by atoms with Crippen molar-refractivity contribution in [3.63, 3.8) is 0 Å². The Hall–Kier alpha value is -3.12. The van der Waals surface area contributed by atoms with Crippen LogP contribution in [0.4, 0.5) is 4.39 Å². The van der Waals surface area contributed by atoms with E-state index in [1.165, 1.54) is 12.1 Å². The highest BCUT2D eigenvalue weighted by Gasteiger charge is 2.30. The van der Waals surface area contributed by atoms with Crippen molar-refractivity contribution in [3.05, 3.63) is 88.0 Å². The maximum atomic E-state index is 13.6. The van der Waals surface area contributed by atoms with E-state index in [2.05, 4.69) is 9.97 Å². The molecule has 3 heterocycles. The van der Waals surface area contributed by atoms with Crippen molar-refractivity contribution in [2.24, 2.45) is 0 Å². The number of piperidine rings is 1. The fourth-order valence-electron chi connectivity index (χ4n) is 4.48. The molecule has 32 heavy (non-hydrogen) atoms. The number of aromatic nitrogens is 2. The van der Waals surface area contributed by atoms with Gasteiger partial charge in [-0.05, 0) is 61.2 Å². The van der Waals surface area contributed by atoms with Gasteiger partial charge in [0.15, 0.2) is 5.89 Å². The third-order valence-corrected chi connectivity index (χ3v) is 6.37. The fraction of sp³-hybridized carbons (Fsp3) is 0.280. The molecule has 1 fully saturated rings. The normalized spacial score (nSPS) is 16.6. The number of nitrogens with one attached hydrogen (secondary N) is 1. The zero-order valence-corrected chi connectivity index (χ0v) is 18.5. The summed E-state index contributed by atoms with van der Waals surface area (Å²) in [5.74, 6) is 1.10. The summed E-state index contributed by atoms with van der Waals surface area (Å²) >= 11 is 6.07. The van der Waals surface area contributed by atoms with Crippen LogP contribution in [0, 0.1) is 12.7 Å². The number of nitrogens with zero attached hydrogens (tertiary/aromatic N) is 2. The van der Waals surface area contributed by atoms with Crippen LogP contribution >= 0.6 is 11.6 Å². The van der Waals surface area contributed by atoms with Gasteiger partial charge in [0.1, 0.15) is 17.3 Å². The molecule has 5 rings (SSSR count). The van der Waals surface area contributed by atoms with Crippen LogP contribution in [0.15, 0.2) is 53.1 Å². The molecule has 0 bridgehead atoms. The van der Waals surface area contributed by atoms with Gasteiger partial charge >= 0.3 is 0 Å². The molecule has 1 aliphatic rings. The average molecular weight is 452 g/mol.